The van der Waals surface area contributed by atoms with Gasteiger partial charge in [-0.25, -0.2) is 8.42 Å². The molecule has 0 atom stereocenters. The third-order valence-electron chi connectivity index (χ3n) is 2.46. The number of furan rings is 1. The molecule has 0 aromatic carbocycles. The lowest BCUT2D eigenvalue weighted by Crippen LogP contribution is -2.28. The lowest BCUT2D eigenvalue weighted by molar-refractivity contribution is 0.460. The third kappa shape index (κ3) is 3.22. The van der Waals surface area contributed by atoms with E-state index in [1.54, 1.807) is 27.0 Å². The van der Waals surface area contributed by atoms with Gasteiger partial charge in [0.05, 0.1) is 6.54 Å². The van der Waals surface area contributed by atoms with Crippen LogP contribution in [-0.4, -0.2) is 33.4 Å². The summed E-state index contributed by atoms with van der Waals surface area (Å²) in [6, 6.07) is 1.57. The molecule has 0 spiro atoms. The molecule has 18 heavy (non-hydrogen) atoms. The molecule has 0 unspecified atom stereocenters. The Labute approximate surface area is 109 Å². The van der Waals surface area contributed by atoms with Gasteiger partial charge in [0, 0.05) is 19.7 Å². The Morgan fingerprint density at radius 2 is 2.17 bits per heavy atom. The molecular weight excluding hydrogens is 252 g/mol. The van der Waals surface area contributed by atoms with E-state index in [-0.39, 0.29) is 4.90 Å². The summed E-state index contributed by atoms with van der Waals surface area (Å²) in [5.41, 5.74) is 0.790. The average Bonchev–Trinajstić information content (AvgIpc) is 2.59. The largest absolute Gasteiger partial charge is 0.464 e. The zero-order valence-electron chi connectivity index (χ0n) is 11.3. The van der Waals surface area contributed by atoms with E-state index in [0.717, 1.165) is 5.57 Å². The van der Waals surface area contributed by atoms with Gasteiger partial charge in [-0.2, -0.15) is 4.31 Å². The van der Waals surface area contributed by atoms with E-state index in [1.807, 2.05) is 0 Å². The quantitative estimate of drug-likeness (QED) is 0.797. The van der Waals surface area contributed by atoms with Gasteiger partial charge >= 0.3 is 0 Å². The van der Waals surface area contributed by atoms with Crippen molar-refractivity contribution in [2.45, 2.75) is 25.3 Å². The Morgan fingerprint density at radius 3 is 2.67 bits per heavy atom. The first-order valence-electron chi connectivity index (χ1n) is 5.63. The maximum absolute atomic E-state index is 12.3. The fraction of sp³-hybridized carbons (Fsp3) is 0.500. The summed E-state index contributed by atoms with van der Waals surface area (Å²) in [6.07, 6.45) is 0. The van der Waals surface area contributed by atoms with Crippen molar-refractivity contribution in [3.05, 3.63) is 29.7 Å². The van der Waals surface area contributed by atoms with E-state index < -0.39 is 10.0 Å². The lowest BCUT2D eigenvalue weighted by atomic mass is 10.4. The minimum Gasteiger partial charge on any atom is -0.464 e. The average molecular weight is 272 g/mol. The van der Waals surface area contributed by atoms with Crippen molar-refractivity contribution in [2.75, 3.05) is 20.6 Å². The smallest absolute Gasteiger partial charge is 0.246 e. The van der Waals surface area contributed by atoms with Crippen LogP contribution in [-0.2, 0) is 16.6 Å². The molecule has 0 radical (unpaired) electrons. The summed E-state index contributed by atoms with van der Waals surface area (Å²) in [5.74, 6) is 1.02. The van der Waals surface area contributed by atoms with Crippen LogP contribution in [0.5, 0.6) is 0 Å². The summed E-state index contributed by atoms with van der Waals surface area (Å²) in [6.45, 7) is 7.97. The van der Waals surface area contributed by atoms with Crippen molar-refractivity contribution >= 4 is 10.0 Å². The number of sulfonamides is 1. The van der Waals surface area contributed by atoms with E-state index in [2.05, 4.69) is 11.9 Å². The number of hydrogen-bond acceptors (Lipinski definition) is 4. The van der Waals surface area contributed by atoms with Crippen molar-refractivity contribution in [2.24, 2.45) is 0 Å². The molecule has 0 aliphatic rings. The van der Waals surface area contributed by atoms with Crippen LogP contribution in [0.2, 0.25) is 0 Å². The van der Waals surface area contributed by atoms with Crippen molar-refractivity contribution in [3.8, 4) is 0 Å². The van der Waals surface area contributed by atoms with Gasteiger partial charge in [-0.15, -0.1) is 0 Å². The number of hydrogen-bond donors (Lipinski definition) is 1. The van der Waals surface area contributed by atoms with Crippen molar-refractivity contribution in [1.29, 1.82) is 0 Å². The van der Waals surface area contributed by atoms with Crippen molar-refractivity contribution in [1.82, 2.24) is 9.62 Å². The first-order chi connectivity index (χ1) is 8.28. The highest BCUT2D eigenvalue weighted by Crippen LogP contribution is 2.23. The molecule has 6 heteroatoms. The summed E-state index contributed by atoms with van der Waals surface area (Å²) in [5, 5.41) is 2.92. The predicted molar refractivity (Wildman–Crippen MR) is 70.8 cm³/mol. The summed E-state index contributed by atoms with van der Waals surface area (Å²) in [4.78, 5) is 0.219. The van der Waals surface area contributed by atoms with Gasteiger partial charge in [0.1, 0.15) is 16.4 Å². The molecule has 5 nitrogen and oxygen atoms in total. The Hall–Kier alpha value is -1.11. The highest BCUT2D eigenvalue weighted by molar-refractivity contribution is 7.89. The topological polar surface area (TPSA) is 62.6 Å². The van der Waals surface area contributed by atoms with Crippen molar-refractivity contribution < 1.29 is 12.8 Å². The summed E-state index contributed by atoms with van der Waals surface area (Å²) >= 11 is 0. The highest BCUT2D eigenvalue weighted by atomic mass is 32.2. The molecule has 0 saturated carbocycles. The molecule has 1 aromatic heterocycles. The molecule has 1 aromatic rings. The third-order valence-corrected chi connectivity index (χ3v) is 4.37. The van der Waals surface area contributed by atoms with Crippen LogP contribution in [0, 0.1) is 6.92 Å². The molecule has 102 valence electrons. The number of nitrogens with one attached hydrogen (secondary N) is 1. The van der Waals surface area contributed by atoms with Gasteiger partial charge in [0.15, 0.2) is 0 Å². The van der Waals surface area contributed by atoms with E-state index in [0.29, 0.717) is 24.6 Å². The molecule has 1 N–H and O–H groups in total. The van der Waals surface area contributed by atoms with E-state index in [9.17, 15) is 8.42 Å². The lowest BCUT2D eigenvalue weighted by Gasteiger charge is -2.16. The first kappa shape index (κ1) is 14.9. The fourth-order valence-corrected chi connectivity index (χ4v) is 3.09. The van der Waals surface area contributed by atoms with E-state index in [4.69, 9.17) is 4.42 Å². The molecule has 0 bridgehead atoms. The van der Waals surface area contributed by atoms with E-state index >= 15 is 0 Å². The SMILES string of the molecule is C=C(C)CN(C)S(=O)(=O)c1cc(CNC)oc1C. The van der Waals surface area contributed by atoms with Gasteiger partial charge in [-0.1, -0.05) is 12.2 Å². The van der Waals surface area contributed by atoms with Crippen LogP contribution < -0.4 is 5.32 Å². The van der Waals surface area contributed by atoms with Crippen LogP contribution in [0.1, 0.15) is 18.4 Å². The Bertz CT molecular complexity index is 532. The monoisotopic (exact) mass is 272 g/mol. The second kappa shape index (κ2) is 5.69. The second-order valence-electron chi connectivity index (χ2n) is 4.38. The Kier molecular flexibility index (Phi) is 4.72. The summed E-state index contributed by atoms with van der Waals surface area (Å²) < 4.78 is 31.3. The normalized spacial score (nSPS) is 12.1. The first-order valence-corrected chi connectivity index (χ1v) is 7.07. The molecule has 1 heterocycles. The molecular formula is C12H20N2O3S. The Morgan fingerprint density at radius 1 is 1.56 bits per heavy atom. The second-order valence-corrected chi connectivity index (χ2v) is 6.39. The van der Waals surface area contributed by atoms with Crippen LogP contribution in [0.3, 0.4) is 0 Å². The van der Waals surface area contributed by atoms with Gasteiger partial charge in [-0.3, -0.25) is 0 Å². The minimum atomic E-state index is -3.51. The minimum absolute atomic E-state index is 0.219. The Balaban J connectivity index is 3.08. The number of likely N-dealkylation sites (N-methyl/N-ethyl adjacent to an activating group) is 1. The number of aryl methyl sites for hydroxylation is 1. The molecule has 0 aliphatic carbocycles. The predicted octanol–water partition coefficient (Wildman–Crippen LogP) is 1.50. The van der Waals surface area contributed by atoms with Gasteiger partial charge in [0.25, 0.3) is 0 Å². The standard InChI is InChI=1S/C12H20N2O3S/c1-9(2)8-14(5)18(15,16)12-6-11(7-13-4)17-10(12)3/h6,13H,1,7-8H2,2-5H3. The summed E-state index contributed by atoms with van der Waals surface area (Å²) in [7, 11) is -0.198. The van der Waals surface area contributed by atoms with Gasteiger partial charge in [-0.05, 0) is 20.9 Å². The molecule has 0 amide bonds. The zero-order valence-corrected chi connectivity index (χ0v) is 12.1. The van der Waals surface area contributed by atoms with Gasteiger partial charge < -0.3 is 9.73 Å². The molecule has 0 fully saturated rings. The van der Waals surface area contributed by atoms with Crippen LogP contribution in [0.4, 0.5) is 0 Å². The highest BCUT2D eigenvalue weighted by Gasteiger charge is 2.25. The maximum Gasteiger partial charge on any atom is 0.246 e. The molecule has 1 rings (SSSR count). The van der Waals surface area contributed by atoms with Crippen LogP contribution in [0.15, 0.2) is 27.5 Å². The van der Waals surface area contributed by atoms with Crippen LogP contribution >= 0.6 is 0 Å². The van der Waals surface area contributed by atoms with Crippen LogP contribution in [0.25, 0.3) is 0 Å². The van der Waals surface area contributed by atoms with Crippen molar-refractivity contribution in [3.63, 3.8) is 0 Å². The fourth-order valence-electron chi connectivity index (χ4n) is 1.67. The number of rotatable bonds is 6. The number of nitrogens with zero attached hydrogens (tertiary/aromatic N) is 1. The molecule has 0 aliphatic heterocycles. The maximum atomic E-state index is 12.3. The van der Waals surface area contributed by atoms with E-state index in [1.165, 1.54) is 11.4 Å². The van der Waals surface area contributed by atoms with Gasteiger partial charge in [0.2, 0.25) is 10.0 Å². The zero-order chi connectivity index (χ0) is 13.9. The molecule has 0 saturated heterocycles.